The molecule has 25 heavy (non-hydrogen) atoms. The molecule has 0 saturated carbocycles. The van der Waals surface area contributed by atoms with Gasteiger partial charge in [0, 0.05) is 25.5 Å². The largest absolute Gasteiger partial charge is 0.357 e. The number of aromatic nitrogens is 1. The van der Waals surface area contributed by atoms with Gasteiger partial charge in [-0.25, -0.2) is 9.98 Å². The van der Waals surface area contributed by atoms with Crippen LogP contribution in [0.2, 0.25) is 0 Å². The number of hydrogen-bond donors (Lipinski definition) is 1. The van der Waals surface area contributed by atoms with Crippen LogP contribution in [0, 0.1) is 6.92 Å². The minimum Gasteiger partial charge on any atom is -0.357 e. The van der Waals surface area contributed by atoms with E-state index in [2.05, 4.69) is 77.8 Å². The van der Waals surface area contributed by atoms with Crippen LogP contribution in [0.3, 0.4) is 0 Å². The second-order valence-electron chi connectivity index (χ2n) is 6.39. The van der Waals surface area contributed by atoms with Gasteiger partial charge >= 0.3 is 0 Å². The molecule has 1 heterocycles. The molecule has 0 aliphatic rings. The number of nitrogens with one attached hydrogen (secondary N) is 1. The predicted molar refractivity (Wildman–Crippen MR) is 107 cm³/mol. The molecule has 0 atom stereocenters. The Morgan fingerprint density at radius 3 is 2.48 bits per heavy atom. The topological polar surface area (TPSA) is 43.8 Å². The van der Waals surface area contributed by atoms with Crippen molar-refractivity contribution in [3.05, 3.63) is 51.5 Å². The number of guanidine groups is 1. The van der Waals surface area contributed by atoms with Gasteiger partial charge in [-0.3, -0.25) is 0 Å². The van der Waals surface area contributed by atoms with E-state index in [-0.39, 0.29) is 0 Å². The third kappa shape index (κ3) is 6.14. The normalized spacial score (nSPS) is 11.8. The summed E-state index contributed by atoms with van der Waals surface area (Å²) in [7, 11) is 6.24. The first-order chi connectivity index (χ1) is 12.0. The summed E-state index contributed by atoms with van der Waals surface area (Å²) in [5.41, 5.74) is 3.68. The number of hydrogen-bond acceptors (Lipinski definition) is 4. The fourth-order valence-electron chi connectivity index (χ4n) is 2.64. The molecule has 0 bridgehead atoms. The molecule has 1 N–H and O–H groups in total. The summed E-state index contributed by atoms with van der Waals surface area (Å²) in [6, 6.07) is 8.52. The van der Waals surface area contributed by atoms with Gasteiger partial charge < -0.3 is 15.1 Å². The summed E-state index contributed by atoms with van der Waals surface area (Å²) in [6.45, 7) is 7.34. The highest BCUT2D eigenvalue weighted by molar-refractivity contribution is 7.09. The Balaban J connectivity index is 2.11. The Kier molecular flexibility index (Phi) is 7.40. The number of benzene rings is 1. The van der Waals surface area contributed by atoms with Gasteiger partial charge in [0.1, 0.15) is 0 Å². The molecule has 0 amide bonds. The zero-order chi connectivity index (χ0) is 18.2. The number of aryl methyl sites for hydroxylation is 1. The Bertz CT molecular complexity index is 693. The molecular weight excluding hydrogens is 330 g/mol. The molecule has 2 aromatic rings. The van der Waals surface area contributed by atoms with Crippen LogP contribution >= 0.6 is 11.3 Å². The van der Waals surface area contributed by atoms with Gasteiger partial charge in [0.15, 0.2) is 5.96 Å². The summed E-state index contributed by atoms with van der Waals surface area (Å²) < 4.78 is 0. The standard InChI is InChI=1S/C19H29N5S/c1-6-20-19(24(5)13-18-14-25-15(2)22-18)21-11-16-9-7-8-10-17(16)12-23(3)4/h7-10,14H,6,11-13H2,1-5H3,(H,20,21). The van der Waals surface area contributed by atoms with Gasteiger partial charge in [-0.2, -0.15) is 0 Å². The molecule has 136 valence electrons. The average molecular weight is 360 g/mol. The smallest absolute Gasteiger partial charge is 0.194 e. The van der Waals surface area contributed by atoms with Crippen molar-refractivity contribution in [1.82, 2.24) is 20.1 Å². The summed E-state index contributed by atoms with van der Waals surface area (Å²) in [4.78, 5) is 13.7. The van der Waals surface area contributed by atoms with Crippen molar-refractivity contribution in [2.24, 2.45) is 4.99 Å². The van der Waals surface area contributed by atoms with E-state index in [4.69, 9.17) is 4.99 Å². The predicted octanol–water partition coefficient (Wildman–Crippen LogP) is 3.11. The van der Waals surface area contributed by atoms with Gasteiger partial charge in [-0.15, -0.1) is 11.3 Å². The lowest BCUT2D eigenvalue weighted by molar-refractivity contribution is 0.401. The van der Waals surface area contributed by atoms with Crippen LogP contribution in [0.1, 0.15) is 28.8 Å². The van der Waals surface area contributed by atoms with Crippen molar-refractivity contribution in [3.8, 4) is 0 Å². The first-order valence-electron chi connectivity index (χ1n) is 8.61. The van der Waals surface area contributed by atoms with Crippen LogP contribution in [0.4, 0.5) is 0 Å². The van der Waals surface area contributed by atoms with E-state index >= 15 is 0 Å². The van der Waals surface area contributed by atoms with Crippen LogP contribution in [0.15, 0.2) is 34.6 Å². The fourth-order valence-corrected chi connectivity index (χ4v) is 3.24. The van der Waals surface area contributed by atoms with E-state index in [0.29, 0.717) is 6.54 Å². The maximum absolute atomic E-state index is 4.84. The number of nitrogens with zero attached hydrogens (tertiary/aromatic N) is 4. The Morgan fingerprint density at radius 2 is 1.88 bits per heavy atom. The van der Waals surface area contributed by atoms with Gasteiger partial charge in [0.05, 0.1) is 23.8 Å². The second-order valence-corrected chi connectivity index (χ2v) is 7.45. The van der Waals surface area contributed by atoms with Crippen molar-refractivity contribution in [2.75, 3.05) is 27.7 Å². The highest BCUT2D eigenvalue weighted by atomic mass is 32.1. The zero-order valence-electron chi connectivity index (χ0n) is 15.9. The fraction of sp³-hybridized carbons (Fsp3) is 0.474. The highest BCUT2D eigenvalue weighted by Crippen LogP contribution is 2.13. The van der Waals surface area contributed by atoms with E-state index < -0.39 is 0 Å². The van der Waals surface area contributed by atoms with E-state index in [1.807, 2.05) is 6.92 Å². The van der Waals surface area contributed by atoms with Gasteiger partial charge in [-0.05, 0) is 39.1 Å². The van der Waals surface area contributed by atoms with Crippen molar-refractivity contribution >= 4 is 17.3 Å². The Labute approximate surface area is 155 Å². The van der Waals surface area contributed by atoms with Gasteiger partial charge in [0.2, 0.25) is 0 Å². The third-order valence-corrected chi connectivity index (χ3v) is 4.59. The zero-order valence-corrected chi connectivity index (χ0v) is 16.7. The van der Waals surface area contributed by atoms with Crippen LogP contribution in [-0.2, 0) is 19.6 Å². The molecule has 0 saturated heterocycles. The molecule has 0 aliphatic heterocycles. The molecule has 0 aliphatic carbocycles. The molecule has 1 aromatic carbocycles. The summed E-state index contributed by atoms with van der Waals surface area (Å²) in [6.07, 6.45) is 0. The van der Waals surface area contributed by atoms with E-state index in [1.54, 1.807) is 11.3 Å². The van der Waals surface area contributed by atoms with Crippen molar-refractivity contribution in [1.29, 1.82) is 0 Å². The first-order valence-corrected chi connectivity index (χ1v) is 9.49. The molecule has 2 rings (SSSR count). The maximum Gasteiger partial charge on any atom is 0.194 e. The summed E-state index contributed by atoms with van der Waals surface area (Å²) in [5, 5.41) is 6.59. The molecule has 0 spiro atoms. The molecule has 0 unspecified atom stereocenters. The molecule has 0 radical (unpaired) electrons. The monoisotopic (exact) mass is 359 g/mol. The molecule has 1 aromatic heterocycles. The number of rotatable bonds is 7. The molecule has 0 fully saturated rings. The van der Waals surface area contributed by atoms with Crippen molar-refractivity contribution < 1.29 is 0 Å². The molecule has 5 nitrogen and oxygen atoms in total. The van der Waals surface area contributed by atoms with E-state index in [1.165, 1.54) is 11.1 Å². The van der Waals surface area contributed by atoms with E-state index in [9.17, 15) is 0 Å². The lowest BCUT2D eigenvalue weighted by Crippen LogP contribution is -2.38. The Morgan fingerprint density at radius 1 is 1.16 bits per heavy atom. The molecular formula is C19H29N5S. The average Bonchev–Trinajstić information content (AvgIpc) is 2.97. The van der Waals surface area contributed by atoms with Crippen LogP contribution in [-0.4, -0.2) is 48.4 Å². The number of thiazole rings is 1. The van der Waals surface area contributed by atoms with Crippen LogP contribution in [0.5, 0.6) is 0 Å². The second kappa shape index (κ2) is 9.53. The number of aliphatic imine (C=N–C) groups is 1. The van der Waals surface area contributed by atoms with Crippen LogP contribution in [0.25, 0.3) is 0 Å². The van der Waals surface area contributed by atoms with Gasteiger partial charge in [-0.1, -0.05) is 24.3 Å². The summed E-state index contributed by atoms with van der Waals surface area (Å²) in [5.74, 6) is 0.910. The van der Waals surface area contributed by atoms with Crippen LogP contribution < -0.4 is 5.32 Å². The molecule has 6 heteroatoms. The van der Waals surface area contributed by atoms with Crippen molar-refractivity contribution in [3.63, 3.8) is 0 Å². The maximum atomic E-state index is 4.84. The SMILES string of the molecule is CCNC(=NCc1ccccc1CN(C)C)N(C)Cc1csc(C)n1. The third-order valence-electron chi connectivity index (χ3n) is 3.77. The van der Waals surface area contributed by atoms with Gasteiger partial charge in [0.25, 0.3) is 0 Å². The van der Waals surface area contributed by atoms with Crippen molar-refractivity contribution in [2.45, 2.75) is 33.5 Å². The quantitative estimate of drug-likeness (QED) is 0.609. The first kappa shape index (κ1) is 19.4. The highest BCUT2D eigenvalue weighted by Gasteiger charge is 2.09. The lowest BCUT2D eigenvalue weighted by atomic mass is 10.1. The lowest BCUT2D eigenvalue weighted by Gasteiger charge is -2.21. The Hall–Kier alpha value is -1.92. The minimum atomic E-state index is 0.673. The van der Waals surface area contributed by atoms with E-state index in [0.717, 1.165) is 36.3 Å². The summed E-state index contributed by atoms with van der Waals surface area (Å²) >= 11 is 1.69. The minimum absolute atomic E-state index is 0.673.